The number of ether oxygens (including phenoxy) is 1. The first-order valence-electron chi connectivity index (χ1n) is 2.43. The number of hydrogen-bond donors (Lipinski definition) is 1. The Labute approximate surface area is 67.8 Å². The fourth-order valence-corrected chi connectivity index (χ4v) is 0.779. The number of methoxy groups -OCH3 is 1. The standard InChI is InChI=1S/C4H9IN2O2/c1-9-4(8)7(5)3-2-6/h2-3,6H2,1H3. The summed E-state index contributed by atoms with van der Waals surface area (Å²) in [5.74, 6) is 0. The highest BCUT2D eigenvalue weighted by atomic mass is 127. The Morgan fingerprint density at radius 2 is 2.44 bits per heavy atom. The zero-order valence-corrected chi connectivity index (χ0v) is 7.29. The van der Waals surface area contributed by atoms with Crippen molar-refractivity contribution in [2.45, 2.75) is 0 Å². The van der Waals surface area contributed by atoms with Gasteiger partial charge in [-0.3, -0.25) is 0 Å². The predicted molar refractivity (Wildman–Crippen MR) is 42.2 cm³/mol. The lowest BCUT2D eigenvalue weighted by molar-refractivity contribution is 0.156. The Balaban J connectivity index is 3.45. The largest absolute Gasteiger partial charge is 0.452 e. The van der Waals surface area contributed by atoms with Gasteiger partial charge in [0.05, 0.1) is 30.0 Å². The Bertz CT molecular complexity index is 98.6. The smallest absolute Gasteiger partial charge is 0.418 e. The molecule has 0 unspecified atom stereocenters. The maximum Gasteiger partial charge on any atom is 0.418 e. The first-order valence-corrected chi connectivity index (χ1v) is 3.40. The molecule has 0 aromatic carbocycles. The summed E-state index contributed by atoms with van der Waals surface area (Å²) in [4.78, 5) is 10.5. The molecule has 5 heteroatoms. The number of nitrogens with zero attached hydrogens (tertiary/aromatic N) is 1. The molecule has 4 nitrogen and oxygen atoms in total. The van der Waals surface area contributed by atoms with Crippen molar-refractivity contribution < 1.29 is 9.53 Å². The van der Waals surface area contributed by atoms with Gasteiger partial charge < -0.3 is 10.5 Å². The molecule has 0 aliphatic carbocycles. The highest BCUT2D eigenvalue weighted by Gasteiger charge is 2.06. The second-order valence-corrected chi connectivity index (χ2v) is 2.51. The number of halogens is 1. The number of nitrogens with two attached hydrogens (primary N) is 1. The van der Waals surface area contributed by atoms with Crippen LogP contribution in [-0.2, 0) is 4.74 Å². The minimum atomic E-state index is -0.360. The molecule has 0 heterocycles. The van der Waals surface area contributed by atoms with Gasteiger partial charge in [-0.2, -0.15) is 0 Å². The fraction of sp³-hybridized carbons (Fsp3) is 0.750. The highest BCUT2D eigenvalue weighted by molar-refractivity contribution is 14.1. The summed E-state index contributed by atoms with van der Waals surface area (Å²) < 4.78 is 5.78. The molecule has 0 aliphatic heterocycles. The number of amides is 1. The van der Waals surface area contributed by atoms with Crippen LogP contribution in [0.2, 0.25) is 0 Å². The van der Waals surface area contributed by atoms with Crippen LogP contribution in [0, 0.1) is 0 Å². The van der Waals surface area contributed by atoms with E-state index in [0.717, 1.165) is 0 Å². The van der Waals surface area contributed by atoms with Crippen molar-refractivity contribution >= 4 is 29.0 Å². The molecule has 0 saturated heterocycles. The van der Waals surface area contributed by atoms with Crippen molar-refractivity contribution in [2.24, 2.45) is 5.73 Å². The third-order valence-electron chi connectivity index (χ3n) is 0.698. The van der Waals surface area contributed by atoms with Crippen LogP contribution in [0.5, 0.6) is 0 Å². The van der Waals surface area contributed by atoms with Crippen LogP contribution in [-0.4, -0.2) is 29.4 Å². The molecule has 2 N–H and O–H groups in total. The Morgan fingerprint density at radius 3 is 2.78 bits per heavy atom. The van der Waals surface area contributed by atoms with E-state index >= 15 is 0 Å². The molecule has 0 aromatic heterocycles. The van der Waals surface area contributed by atoms with E-state index < -0.39 is 0 Å². The molecule has 0 radical (unpaired) electrons. The van der Waals surface area contributed by atoms with E-state index in [1.54, 1.807) is 0 Å². The molecule has 0 aliphatic rings. The van der Waals surface area contributed by atoms with Gasteiger partial charge in [0.15, 0.2) is 0 Å². The third kappa shape index (κ3) is 3.52. The SMILES string of the molecule is COC(=O)N(I)CCN. The highest BCUT2D eigenvalue weighted by Crippen LogP contribution is 1.98. The predicted octanol–water partition coefficient (Wildman–Crippen LogP) is 0.364. The molecule has 0 spiro atoms. The molecule has 0 rings (SSSR count). The van der Waals surface area contributed by atoms with Gasteiger partial charge in [0.25, 0.3) is 0 Å². The number of rotatable bonds is 2. The average molecular weight is 244 g/mol. The van der Waals surface area contributed by atoms with Crippen LogP contribution < -0.4 is 5.73 Å². The van der Waals surface area contributed by atoms with Gasteiger partial charge in [-0.15, -0.1) is 0 Å². The minimum absolute atomic E-state index is 0.360. The Hall–Kier alpha value is -0.0400. The average Bonchev–Trinajstić information content (AvgIpc) is 1.87. The van der Waals surface area contributed by atoms with E-state index in [9.17, 15) is 4.79 Å². The summed E-state index contributed by atoms with van der Waals surface area (Å²) in [6.45, 7) is 0.977. The van der Waals surface area contributed by atoms with Crippen LogP contribution in [0.25, 0.3) is 0 Å². The fourth-order valence-electron chi connectivity index (χ4n) is 0.304. The molecular weight excluding hydrogens is 235 g/mol. The quantitative estimate of drug-likeness (QED) is 0.563. The molecular formula is C4H9IN2O2. The van der Waals surface area contributed by atoms with E-state index in [0.29, 0.717) is 13.1 Å². The summed E-state index contributed by atoms with van der Waals surface area (Å²) in [7, 11) is 1.34. The van der Waals surface area contributed by atoms with Crippen LogP contribution in [0.1, 0.15) is 0 Å². The first kappa shape index (κ1) is 8.96. The lowest BCUT2D eigenvalue weighted by atomic mass is 10.7. The maximum absolute atomic E-state index is 10.5. The molecule has 0 saturated carbocycles. The van der Waals surface area contributed by atoms with Crippen LogP contribution >= 0.6 is 22.9 Å². The zero-order chi connectivity index (χ0) is 7.28. The van der Waals surface area contributed by atoms with Crippen molar-refractivity contribution in [1.29, 1.82) is 0 Å². The topological polar surface area (TPSA) is 55.6 Å². The van der Waals surface area contributed by atoms with Gasteiger partial charge >= 0.3 is 6.09 Å². The van der Waals surface area contributed by atoms with Gasteiger partial charge in [-0.25, -0.2) is 7.91 Å². The summed E-state index contributed by atoms with van der Waals surface area (Å²) >= 11 is 1.85. The van der Waals surface area contributed by atoms with Crippen molar-refractivity contribution in [3.63, 3.8) is 0 Å². The lowest BCUT2D eigenvalue weighted by Gasteiger charge is -2.09. The zero-order valence-electron chi connectivity index (χ0n) is 5.13. The van der Waals surface area contributed by atoms with E-state index in [-0.39, 0.29) is 6.09 Å². The maximum atomic E-state index is 10.5. The Kier molecular flexibility index (Phi) is 4.78. The molecule has 0 fully saturated rings. The summed E-state index contributed by atoms with van der Waals surface area (Å²) in [6, 6.07) is 0. The van der Waals surface area contributed by atoms with Gasteiger partial charge in [0.2, 0.25) is 0 Å². The van der Waals surface area contributed by atoms with E-state index in [1.165, 1.54) is 10.2 Å². The molecule has 0 atom stereocenters. The van der Waals surface area contributed by atoms with E-state index in [4.69, 9.17) is 5.73 Å². The first-order chi connectivity index (χ1) is 4.22. The number of hydrogen-bond acceptors (Lipinski definition) is 3. The second kappa shape index (κ2) is 4.80. The minimum Gasteiger partial charge on any atom is -0.452 e. The lowest BCUT2D eigenvalue weighted by Crippen LogP contribution is -2.26. The number of carbonyl (C=O) groups excluding carboxylic acids is 1. The molecule has 0 aromatic rings. The summed E-state index contributed by atoms with van der Waals surface area (Å²) in [6.07, 6.45) is -0.360. The normalized spacial score (nSPS) is 8.78. The molecule has 9 heavy (non-hydrogen) atoms. The van der Waals surface area contributed by atoms with Gasteiger partial charge in [-0.05, 0) is 0 Å². The van der Waals surface area contributed by atoms with E-state index in [1.807, 2.05) is 22.9 Å². The number of carbonyl (C=O) groups is 1. The van der Waals surface area contributed by atoms with Gasteiger partial charge in [0, 0.05) is 13.1 Å². The monoisotopic (exact) mass is 244 g/mol. The van der Waals surface area contributed by atoms with Crippen LogP contribution in [0.3, 0.4) is 0 Å². The molecule has 1 amide bonds. The van der Waals surface area contributed by atoms with Crippen molar-refractivity contribution in [2.75, 3.05) is 20.2 Å². The van der Waals surface area contributed by atoms with E-state index in [2.05, 4.69) is 4.74 Å². The molecule has 54 valence electrons. The van der Waals surface area contributed by atoms with Gasteiger partial charge in [0.1, 0.15) is 0 Å². The van der Waals surface area contributed by atoms with Crippen LogP contribution in [0.4, 0.5) is 4.79 Å². The summed E-state index contributed by atoms with van der Waals surface area (Å²) in [5, 5.41) is 0. The second-order valence-electron chi connectivity index (χ2n) is 1.34. The van der Waals surface area contributed by atoms with Crippen molar-refractivity contribution in [3.05, 3.63) is 0 Å². The molecule has 0 bridgehead atoms. The third-order valence-corrected chi connectivity index (χ3v) is 1.57. The van der Waals surface area contributed by atoms with Crippen molar-refractivity contribution in [1.82, 2.24) is 3.11 Å². The van der Waals surface area contributed by atoms with Crippen LogP contribution in [0.15, 0.2) is 0 Å². The van der Waals surface area contributed by atoms with Gasteiger partial charge in [-0.1, -0.05) is 0 Å². The Morgan fingerprint density at radius 1 is 1.89 bits per heavy atom. The van der Waals surface area contributed by atoms with Crippen molar-refractivity contribution in [3.8, 4) is 0 Å². The summed E-state index contributed by atoms with van der Waals surface area (Å²) in [5.41, 5.74) is 5.17.